The molecule has 0 radical (unpaired) electrons. The number of nitrogens with one attached hydrogen (secondary N) is 2. The first-order valence-electron chi connectivity index (χ1n) is 5.77. The van der Waals surface area contributed by atoms with Crippen molar-refractivity contribution in [3.05, 3.63) is 45.9 Å². The van der Waals surface area contributed by atoms with Crippen LogP contribution in [0, 0.1) is 18.6 Å². The number of hydrogen-bond acceptors (Lipinski definition) is 5. The van der Waals surface area contributed by atoms with Gasteiger partial charge in [-0.05, 0) is 19.1 Å². The fraction of sp³-hybridized carbons (Fsp3) is 0.167. The lowest BCUT2D eigenvalue weighted by Gasteiger charge is -2.05. The van der Waals surface area contributed by atoms with E-state index in [1.165, 1.54) is 6.92 Å². The van der Waals surface area contributed by atoms with Gasteiger partial charge < -0.3 is 5.32 Å². The molecule has 1 amide bonds. The number of benzene rings is 1. The molecule has 2 aromatic rings. The number of amides is 1. The van der Waals surface area contributed by atoms with E-state index in [9.17, 15) is 18.4 Å². The first-order chi connectivity index (χ1) is 9.95. The van der Waals surface area contributed by atoms with Crippen LogP contribution in [0.2, 0.25) is 0 Å². The van der Waals surface area contributed by atoms with Crippen LogP contribution in [0.1, 0.15) is 5.69 Å². The minimum atomic E-state index is -0.864. The number of aryl methyl sites for hydroxylation is 1. The number of carbonyl (C=O) groups excluding carboxylic acids is 1. The third-order valence-corrected chi connectivity index (χ3v) is 3.25. The van der Waals surface area contributed by atoms with Crippen LogP contribution in [-0.4, -0.2) is 26.8 Å². The molecule has 0 saturated carbocycles. The molecule has 0 atom stereocenters. The van der Waals surface area contributed by atoms with Gasteiger partial charge in [-0.2, -0.15) is 0 Å². The molecule has 6 nitrogen and oxygen atoms in total. The van der Waals surface area contributed by atoms with E-state index in [1.54, 1.807) is 0 Å². The summed E-state index contributed by atoms with van der Waals surface area (Å²) >= 11 is 0.942. The lowest BCUT2D eigenvalue weighted by molar-refractivity contribution is -0.113. The quantitative estimate of drug-likeness (QED) is 0.835. The summed E-state index contributed by atoms with van der Waals surface area (Å²) in [6, 6.07) is 2.83. The molecule has 1 heterocycles. The van der Waals surface area contributed by atoms with Gasteiger partial charge in [0.15, 0.2) is 5.16 Å². The second-order valence-corrected chi connectivity index (χ2v) is 4.97. The molecule has 0 bridgehead atoms. The van der Waals surface area contributed by atoms with Gasteiger partial charge >= 0.3 is 0 Å². The van der Waals surface area contributed by atoms with Crippen LogP contribution >= 0.6 is 11.8 Å². The number of rotatable bonds is 4. The minimum Gasteiger partial charge on any atom is -0.323 e. The maximum absolute atomic E-state index is 13.3. The summed E-state index contributed by atoms with van der Waals surface area (Å²) in [6.45, 7) is 1.50. The van der Waals surface area contributed by atoms with Gasteiger partial charge in [-0.3, -0.25) is 14.6 Å². The Morgan fingerprint density at radius 3 is 2.81 bits per heavy atom. The molecule has 0 aliphatic heterocycles. The molecule has 9 heteroatoms. The van der Waals surface area contributed by atoms with Gasteiger partial charge in [0.1, 0.15) is 17.3 Å². The van der Waals surface area contributed by atoms with E-state index in [0.29, 0.717) is 6.07 Å². The predicted octanol–water partition coefficient (Wildman–Crippen LogP) is 1.48. The molecule has 0 saturated heterocycles. The average Bonchev–Trinajstić information content (AvgIpc) is 2.43. The van der Waals surface area contributed by atoms with Crippen molar-refractivity contribution >= 4 is 23.4 Å². The summed E-state index contributed by atoms with van der Waals surface area (Å²) in [5, 5.41) is 9.79. The maximum atomic E-state index is 13.3. The van der Waals surface area contributed by atoms with Crippen LogP contribution < -0.4 is 10.9 Å². The number of hydrogen-bond donors (Lipinski definition) is 2. The van der Waals surface area contributed by atoms with Gasteiger partial charge in [-0.15, -0.1) is 10.2 Å². The first kappa shape index (κ1) is 15.1. The summed E-state index contributed by atoms with van der Waals surface area (Å²) in [4.78, 5) is 25.4. The Labute approximate surface area is 122 Å². The molecular formula is C12H10F2N4O2S. The van der Waals surface area contributed by atoms with Crippen LogP contribution in [0.25, 0.3) is 0 Å². The molecule has 2 N–H and O–H groups in total. The Balaban J connectivity index is 1.95. The number of thioether (sulfide) groups is 1. The average molecular weight is 312 g/mol. The van der Waals surface area contributed by atoms with E-state index < -0.39 is 23.1 Å². The predicted molar refractivity (Wildman–Crippen MR) is 73.1 cm³/mol. The van der Waals surface area contributed by atoms with Gasteiger partial charge in [-0.1, -0.05) is 11.8 Å². The molecule has 0 unspecified atom stereocenters. The molecule has 2 rings (SSSR count). The van der Waals surface area contributed by atoms with Crippen LogP contribution in [-0.2, 0) is 4.79 Å². The second-order valence-electron chi connectivity index (χ2n) is 4.01. The fourth-order valence-electron chi connectivity index (χ4n) is 1.35. The molecular weight excluding hydrogens is 302 g/mol. The van der Waals surface area contributed by atoms with Crippen molar-refractivity contribution in [3.63, 3.8) is 0 Å². The van der Waals surface area contributed by atoms with E-state index in [1.807, 2.05) is 0 Å². The zero-order valence-electron chi connectivity index (χ0n) is 10.8. The van der Waals surface area contributed by atoms with E-state index in [0.717, 1.165) is 23.9 Å². The van der Waals surface area contributed by atoms with Crippen LogP contribution in [0.3, 0.4) is 0 Å². The van der Waals surface area contributed by atoms with Crippen molar-refractivity contribution < 1.29 is 13.6 Å². The molecule has 110 valence electrons. The molecule has 1 aromatic heterocycles. The largest absolute Gasteiger partial charge is 0.323 e. The van der Waals surface area contributed by atoms with Crippen molar-refractivity contribution in [3.8, 4) is 0 Å². The highest BCUT2D eigenvalue weighted by molar-refractivity contribution is 7.99. The SMILES string of the molecule is Cc1nnc(SCC(=O)Nc2ccc(F)cc2F)[nH]c1=O. The Bertz CT molecular complexity index is 735. The maximum Gasteiger partial charge on any atom is 0.273 e. The van der Waals surface area contributed by atoms with Crippen LogP contribution in [0.15, 0.2) is 28.2 Å². The smallest absolute Gasteiger partial charge is 0.273 e. The first-order valence-corrected chi connectivity index (χ1v) is 6.75. The number of anilines is 1. The number of H-pyrrole nitrogens is 1. The monoisotopic (exact) mass is 312 g/mol. The van der Waals surface area contributed by atoms with Crippen molar-refractivity contribution in [2.75, 3.05) is 11.1 Å². The number of nitrogens with zero attached hydrogens (tertiary/aromatic N) is 2. The van der Waals surface area contributed by atoms with Crippen molar-refractivity contribution in [1.29, 1.82) is 0 Å². The third kappa shape index (κ3) is 4.09. The van der Waals surface area contributed by atoms with Gasteiger partial charge in [0.25, 0.3) is 5.56 Å². The zero-order valence-corrected chi connectivity index (χ0v) is 11.6. The Kier molecular flexibility index (Phi) is 4.63. The number of aromatic amines is 1. The normalized spacial score (nSPS) is 10.4. The number of aromatic nitrogens is 3. The van der Waals surface area contributed by atoms with E-state index >= 15 is 0 Å². The number of halogens is 2. The molecule has 21 heavy (non-hydrogen) atoms. The molecule has 0 fully saturated rings. The Hall–Kier alpha value is -2.29. The highest BCUT2D eigenvalue weighted by atomic mass is 32.2. The lowest BCUT2D eigenvalue weighted by atomic mass is 10.3. The van der Waals surface area contributed by atoms with Gasteiger partial charge in [-0.25, -0.2) is 8.78 Å². The standard InChI is InChI=1S/C12H10F2N4O2S/c1-6-11(20)16-12(18-17-6)21-5-10(19)15-9-3-2-7(13)4-8(9)14/h2-4H,5H2,1H3,(H,15,19)(H,16,18,20). The fourth-order valence-corrected chi connectivity index (χ4v) is 1.96. The summed E-state index contributed by atoms with van der Waals surface area (Å²) in [5.41, 5.74) is -0.292. The van der Waals surface area contributed by atoms with E-state index in [-0.39, 0.29) is 22.3 Å². The molecule has 1 aromatic carbocycles. The Morgan fingerprint density at radius 1 is 1.38 bits per heavy atom. The summed E-state index contributed by atoms with van der Waals surface area (Å²) in [7, 11) is 0. The topological polar surface area (TPSA) is 87.7 Å². The van der Waals surface area contributed by atoms with Gasteiger partial charge in [0, 0.05) is 6.07 Å². The molecule has 0 spiro atoms. The zero-order chi connectivity index (χ0) is 15.4. The number of carbonyl (C=O) groups is 1. The second kappa shape index (κ2) is 6.44. The van der Waals surface area contributed by atoms with E-state index in [2.05, 4.69) is 20.5 Å². The lowest BCUT2D eigenvalue weighted by Crippen LogP contribution is -2.17. The van der Waals surface area contributed by atoms with Gasteiger partial charge in [0.2, 0.25) is 5.91 Å². The molecule has 0 aliphatic carbocycles. The van der Waals surface area contributed by atoms with Crippen LogP contribution in [0.4, 0.5) is 14.5 Å². The Morgan fingerprint density at radius 2 is 2.14 bits per heavy atom. The molecule has 0 aliphatic rings. The summed E-state index contributed by atoms with van der Waals surface area (Å²) < 4.78 is 26.1. The van der Waals surface area contributed by atoms with Gasteiger partial charge in [0.05, 0.1) is 11.4 Å². The van der Waals surface area contributed by atoms with Crippen molar-refractivity contribution in [2.45, 2.75) is 12.1 Å². The highest BCUT2D eigenvalue weighted by Gasteiger charge is 2.10. The summed E-state index contributed by atoms with van der Waals surface area (Å²) in [6.07, 6.45) is 0. The minimum absolute atomic E-state index is 0.107. The van der Waals surface area contributed by atoms with Crippen LogP contribution in [0.5, 0.6) is 0 Å². The highest BCUT2D eigenvalue weighted by Crippen LogP contribution is 2.16. The van der Waals surface area contributed by atoms with E-state index in [4.69, 9.17) is 0 Å². The van der Waals surface area contributed by atoms with Crippen molar-refractivity contribution in [1.82, 2.24) is 15.2 Å². The van der Waals surface area contributed by atoms with Crippen molar-refractivity contribution in [2.24, 2.45) is 0 Å². The third-order valence-electron chi connectivity index (χ3n) is 2.39. The summed E-state index contributed by atoms with van der Waals surface area (Å²) in [5.74, 6) is -2.22.